The van der Waals surface area contributed by atoms with Gasteiger partial charge in [0.15, 0.2) is 0 Å². The van der Waals surface area contributed by atoms with E-state index in [0.717, 1.165) is 11.3 Å². The summed E-state index contributed by atoms with van der Waals surface area (Å²) in [7, 11) is -1.71. The molecule has 0 atom stereocenters. The van der Waals surface area contributed by atoms with E-state index in [2.05, 4.69) is 52.6 Å². The molecule has 0 aliphatic carbocycles. The molecule has 0 heterocycles. The molecule has 0 aliphatic heterocycles. The number of rotatable bonds is 3. The third-order valence-electron chi connectivity index (χ3n) is 3.53. The van der Waals surface area contributed by atoms with Gasteiger partial charge in [-0.1, -0.05) is 45.1 Å². The highest BCUT2D eigenvalue weighted by atomic mass is 28.4. The number of benzene rings is 1. The second kappa shape index (κ2) is 4.69. The van der Waals surface area contributed by atoms with E-state index >= 15 is 0 Å². The SMILES string of the molecule is C=C(C)c1ccc(O[Si](C)(C)C(C)(C)C)cc1. The first-order valence-corrected chi connectivity index (χ1v) is 8.99. The Morgan fingerprint density at radius 1 is 1.12 bits per heavy atom. The van der Waals surface area contributed by atoms with Crippen molar-refractivity contribution < 1.29 is 4.43 Å². The van der Waals surface area contributed by atoms with Gasteiger partial charge in [-0.15, -0.1) is 0 Å². The molecule has 1 nitrogen and oxygen atoms in total. The lowest BCUT2D eigenvalue weighted by molar-refractivity contribution is 0.492. The molecule has 0 N–H and O–H groups in total. The van der Waals surface area contributed by atoms with Crippen molar-refractivity contribution in [3.8, 4) is 5.75 Å². The van der Waals surface area contributed by atoms with Gasteiger partial charge in [-0.05, 0) is 42.8 Å². The molecule has 0 fully saturated rings. The van der Waals surface area contributed by atoms with Crippen LogP contribution >= 0.6 is 0 Å². The molecule has 2 heteroatoms. The summed E-state index contributed by atoms with van der Waals surface area (Å²) < 4.78 is 6.21. The van der Waals surface area contributed by atoms with Crippen LogP contribution in [0.1, 0.15) is 33.3 Å². The zero-order valence-electron chi connectivity index (χ0n) is 11.9. The van der Waals surface area contributed by atoms with Crippen LogP contribution in [0.5, 0.6) is 5.75 Å². The van der Waals surface area contributed by atoms with Gasteiger partial charge in [0, 0.05) is 0 Å². The van der Waals surface area contributed by atoms with Crippen LogP contribution in [-0.4, -0.2) is 8.32 Å². The van der Waals surface area contributed by atoms with E-state index in [1.807, 2.05) is 19.1 Å². The third-order valence-corrected chi connectivity index (χ3v) is 7.88. The van der Waals surface area contributed by atoms with E-state index < -0.39 is 8.32 Å². The summed E-state index contributed by atoms with van der Waals surface area (Å²) in [5, 5.41) is 0.236. The first-order valence-electron chi connectivity index (χ1n) is 6.08. The molecular formula is C15H24OSi. The predicted octanol–water partition coefficient (Wildman–Crippen LogP) is 5.10. The van der Waals surface area contributed by atoms with Crippen LogP contribution in [0, 0.1) is 0 Å². The molecule has 0 radical (unpaired) electrons. The molecule has 0 aromatic heterocycles. The van der Waals surface area contributed by atoms with Gasteiger partial charge in [-0.2, -0.15) is 0 Å². The largest absolute Gasteiger partial charge is 0.544 e. The Bertz CT molecular complexity index is 396. The second-order valence-corrected chi connectivity index (χ2v) is 10.9. The number of hydrogen-bond acceptors (Lipinski definition) is 1. The quantitative estimate of drug-likeness (QED) is 0.676. The maximum atomic E-state index is 6.21. The average molecular weight is 248 g/mol. The minimum Gasteiger partial charge on any atom is -0.544 e. The Balaban J connectivity index is 2.86. The Morgan fingerprint density at radius 3 is 1.94 bits per heavy atom. The summed E-state index contributed by atoms with van der Waals surface area (Å²) in [4.78, 5) is 0. The molecule has 17 heavy (non-hydrogen) atoms. The van der Waals surface area contributed by atoms with Gasteiger partial charge in [0.1, 0.15) is 5.75 Å². The highest BCUT2D eigenvalue weighted by molar-refractivity contribution is 6.74. The molecular weight excluding hydrogens is 224 g/mol. The van der Waals surface area contributed by atoms with E-state index in [-0.39, 0.29) is 5.04 Å². The molecule has 1 aromatic rings. The standard InChI is InChI=1S/C15H24OSi/c1-12(2)13-8-10-14(11-9-13)16-17(6,7)15(3,4)5/h8-11H,1H2,2-7H3. The van der Waals surface area contributed by atoms with Crippen LogP contribution < -0.4 is 4.43 Å². The number of allylic oxidation sites excluding steroid dienone is 1. The fourth-order valence-electron chi connectivity index (χ4n) is 1.26. The van der Waals surface area contributed by atoms with Crippen molar-refractivity contribution in [2.45, 2.75) is 45.8 Å². The second-order valence-electron chi connectivity index (χ2n) is 6.17. The molecule has 1 aromatic carbocycles. The maximum absolute atomic E-state index is 6.21. The Kier molecular flexibility index (Phi) is 3.87. The summed E-state index contributed by atoms with van der Waals surface area (Å²) in [5.41, 5.74) is 2.26. The zero-order chi connectivity index (χ0) is 13.3. The monoisotopic (exact) mass is 248 g/mol. The molecule has 0 amide bonds. The summed E-state index contributed by atoms with van der Waals surface area (Å²) in [6, 6.07) is 8.24. The first-order chi connectivity index (χ1) is 7.63. The lowest BCUT2D eigenvalue weighted by Gasteiger charge is -2.36. The van der Waals surface area contributed by atoms with E-state index in [4.69, 9.17) is 4.43 Å². The van der Waals surface area contributed by atoms with Gasteiger partial charge >= 0.3 is 0 Å². The van der Waals surface area contributed by atoms with E-state index in [1.165, 1.54) is 5.56 Å². The highest BCUT2D eigenvalue weighted by Crippen LogP contribution is 2.37. The topological polar surface area (TPSA) is 9.23 Å². The van der Waals surface area contributed by atoms with Crippen LogP contribution in [0.4, 0.5) is 0 Å². The molecule has 0 saturated heterocycles. The van der Waals surface area contributed by atoms with Crippen molar-refractivity contribution in [3.05, 3.63) is 36.4 Å². The Hall–Kier alpha value is -1.02. The fraction of sp³-hybridized carbons (Fsp3) is 0.467. The lowest BCUT2D eigenvalue weighted by Crippen LogP contribution is -2.43. The van der Waals surface area contributed by atoms with Crippen molar-refractivity contribution in [3.63, 3.8) is 0 Å². The van der Waals surface area contributed by atoms with Crippen LogP contribution in [-0.2, 0) is 0 Å². The Labute approximate surface area is 107 Å². The maximum Gasteiger partial charge on any atom is 0.250 e. The number of hydrogen-bond donors (Lipinski definition) is 0. The van der Waals surface area contributed by atoms with Gasteiger partial charge in [-0.3, -0.25) is 0 Å². The average Bonchev–Trinajstić information content (AvgIpc) is 2.16. The van der Waals surface area contributed by atoms with Crippen molar-refractivity contribution in [2.75, 3.05) is 0 Å². The predicted molar refractivity (Wildman–Crippen MR) is 79.0 cm³/mol. The van der Waals surface area contributed by atoms with Gasteiger partial charge in [0.2, 0.25) is 8.32 Å². The minimum atomic E-state index is -1.71. The van der Waals surface area contributed by atoms with Crippen molar-refractivity contribution >= 4 is 13.9 Å². The van der Waals surface area contributed by atoms with Gasteiger partial charge in [0.25, 0.3) is 0 Å². The smallest absolute Gasteiger partial charge is 0.250 e. The van der Waals surface area contributed by atoms with Crippen LogP contribution in [0.3, 0.4) is 0 Å². The van der Waals surface area contributed by atoms with Crippen LogP contribution in [0.2, 0.25) is 18.1 Å². The van der Waals surface area contributed by atoms with Crippen molar-refractivity contribution in [1.82, 2.24) is 0 Å². The molecule has 0 saturated carbocycles. The van der Waals surface area contributed by atoms with Gasteiger partial charge in [-0.25, -0.2) is 0 Å². The zero-order valence-corrected chi connectivity index (χ0v) is 12.9. The summed E-state index contributed by atoms with van der Waals surface area (Å²) in [5.74, 6) is 0.974. The normalized spacial score (nSPS) is 12.4. The van der Waals surface area contributed by atoms with Gasteiger partial charge < -0.3 is 4.43 Å². The summed E-state index contributed by atoms with van der Waals surface area (Å²) >= 11 is 0. The highest BCUT2D eigenvalue weighted by Gasteiger charge is 2.38. The lowest BCUT2D eigenvalue weighted by atomic mass is 10.1. The third kappa shape index (κ3) is 3.47. The Morgan fingerprint density at radius 2 is 1.59 bits per heavy atom. The van der Waals surface area contributed by atoms with Crippen LogP contribution in [0.25, 0.3) is 5.57 Å². The summed E-state index contributed by atoms with van der Waals surface area (Å²) in [6.45, 7) is 17.2. The molecule has 0 bridgehead atoms. The minimum absolute atomic E-state index is 0.236. The molecule has 0 unspecified atom stereocenters. The molecule has 0 aliphatic rings. The van der Waals surface area contributed by atoms with Crippen molar-refractivity contribution in [2.24, 2.45) is 0 Å². The van der Waals surface area contributed by atoms with E-state index in [9.17, 15) is 0 Å². The van der Waals surface area contributed by atoms with E-state index in [0.29, 0.717) is 0 Å². The van der Waals surface area contributed by atoms with Gasteiger partial charge in [0.05, 0.1) is 0 Å². The molecule has 0 spiro atoms. The van der Waals surface area contributed by atoms with Crippen LogP contribution in [0.15, 0.2) is 30.8 Å². The van der Waals surface area contributed by atoms with Crippen molar-refractivity contribution in [1.29, 1.82) is 0 Å². The summed E-state index contributed by atoms with van der Waals surface area (Å²) in [6.07, 6.45) is 0. The fourth-order valence-corrected chi connectivity index (χ4v) is 2.29. The molecule has 1 rings (SSSR count). The molecule has 94 valence electrons. The van der Waals surface area contributed by atoms with E-state index in [1.54, 1.807) is 0 Å². The first kappa shape index (κ1) is 14.0.